The van der Waals surface area contributed by atoms with Crippen LogP contribution in [-0.2, 0) is 14.5 Å². The predicted octanol–water partition coefficient (Wildman–Crippen LogP) is 0.823. The SMILES string of the molecule is CCCCN1C=CN(S(=O)(=O)OCCC)C1O. The van der Waals surface area contributed by atoms with Crippen LogP contribution in [-0.4, -0.2) is 42.2 Å². The quantitative estimate of drug-likeness (QED) is 0.737. The summed E-state index contributed by atoms with van der Waals surface area (Å²) in [5, 5.41) is 9.84. The van der Waals surface area contributed by atoms with E-state index in [1.54, 1.807) is 11.1 Å². The molecule has 0 bridgehead atoms. The molecule has 7 heteroatoms. The highest BCUT2D eigenvalue weighted by atomic mass is 32.2. The van der Waals surface area contributed by atoms with Crippen molar-refractivity contribution < 1.29 is 17.7 Å². The standard InChI is InChI=1S/C10H20N2O4S/c1-3-5-6-11-7-8-12(10(11)13)17(14,15)16-9-4-2/h7-8,10,13H,3-6,9H2,1-2H3. The maximum atomic E-state index is 11.7. The highest BCUT2D eigenvalue weighted by Crippen LogP contribution is 2.19. The van der Waals surface area contributed by atoms with Gasteiger partial charge in [-0.2, -0.15) is 8.42 Å². The Hall–Kier alpha value is -0.790. The Morgan fingerprint density at radius 3 is 2.59 bits per heavy atom. The van der Waals surface area contributed by atoms with E-state index in [9.17, 15) is 13.5 Å². The summed E-state index contributed by atoms with van der Waals surface area (Å²) in [7, 11) is -3.87. The van der Waals surface area contributed by atoms with Crippen LogP contribution in [0.5, 0.6) is 0 Å². The average molecular weight is 264 g/mol. The van der Waals surface area contributed by atoms with Crippen molar-refractivity contribution in [2.45, 2.75) is 39.5 Å². The maximum absolute atomic E-state index is 11.7. The van der Waals surface area contributed by atoms with Crippen LogP contribution in [0.2, 0.25) is 0 Å². The average Bonchev–Trinajstić information content (AvgIpc) is 2.66. The zero-order valence-corrected chi connectivity index (χ0v) is 11.1. The Kier molecular flexibility index (Phi) is 5.23. The summed E-state index contributed by atoms with van der Waals surface area (Å²) >= 11 is 0. The van der Waals surface area contributed by atoms with Crippen LogP contribution in [0.3, 0.4) is 0 Å². The van der Waals surface area contributed by atoms with Gasteiger partial charge in [0.2, 0.25) is 6.35 Å². The molecule has 6 nitrogen and oxygen atoms in total. The van der Waals surface area contributed by atoms with Crippen molar-refractivity contribution in [3.8, 4) is 0 Å². The molecular formula is C10H20N2O4S. The molecule has 0 saturated heterocycles. The van der Waals surface area contributed by atoms with Gasteiger partial charge in [-0.3, -0.25) is 4.18 Å². The molecule has 0 radical (unpaired) electrons. The van der Waals surface area contributed by atoms with Crippen molar-refractivity contribution in [3.05, 3.63) is 12.4 Å². The first-order valence-electron chi connectivity index (χ1n) is 5.83. The van der Waals surface area contributed by atoms with Gasteiger partial charge in [0.1, 0.15) is 0 Å². The second-order valence-electron chi connectivity index (χ2n) is 3.85. The van der Waals surface area contributed by atoms with Crippen LogP contribution in [0.25, 0.3) is 0 Å². The summed E-state index contributed by atoms with van der Waals surface area (Å²) in [6, 6.07) is 0. The number of aliphatic hydroxyl groups excluding tert-OH is 1. The Balaban J connectivity index is 2.60. The van der Waals surface area contributed by atoms with Crippen molar-refractivity contribution in [3.63, 3.8) is 0 Å². The fraction of sp³-hybridized carbons (Fsp3) is 0.800. The lowest BCUT2D eigenvalue weighted by Gasteiger charge is -2.26. The van der Waals surface area contributed by atoms with Gasteiger partial charge in [0.25, 0.3) is 0 Å². The molecule has 0 aliphatic carbocycles. The first-order valence-corrected chi connectivity index (χ1v) is 7.19. The predicted molar refractivity (Wildman–Crippen MR) is 63.8 cm³/mol. The summed E-state index contributed by atoms with van der Waals surface area (Å²) in [6.07, 6.45) is 4.18. The normalized spacial score (nSPS) is 20.3. The summed E-state index contributed by atoms with van der Waals surface area (Å²) in [5.74, 6) is 0. The molecule has 1 unspecified atom stereocenters. The second kappa shape index (κ2) is 6.23. The van der Waals surface area contributed by atoms with Gasteiger partial charge in [-0.05, 0) is 12.8 Å². The van der Waals surface area contributed by atoms with E-state index < -0.39 is 16.7 Å². The fourth-order valence-electron chi connectivity index (χ4n) is 1.42. The van der Waals surface area contributed by atoms with E-state index in [0.717, 1.165) is 17.1 Å². The summed E-state index contributed by atoms with van der Waals surface area (Å²) in [6.45, 7) is 4.59. The first kappa shape index (κ1) is 14.3. The number of aliphatic hydroxyl groups is 1. The van der Waals surface area contributed by atoms with Gasteiger partial charge in [0, 0.05) is 18.9 Å². The molecule has 1 N–H and O–H groups in total. The Bertz CT molecular complexity index is 355. The number of unbranched alkanes of at least 4 members (excludes halogenated alkanes) is 1. The molecule has 0 aromatic carbocycles. The molecule has 0 saturated carbocycles. The van der Waals surface area contributed by atoms with Crippen LogP contribution in [0, 0.1) is 0 Å². The fourth-order valence-corrected chi connectivity index (χ4v) is 2.48. The zero-order chi connectivity index (χ0) is 12.9. The van der Waals surface area contributed by atoms with E-state index >= 15 is 0 Å². The number of hydrogen-bond donors (Lipinski definition) is 1. The molecule has 100 valence electrons. The van der Waals surface area contributed by atoms with Crippen LogP contribution >= 0.6 is 0 Å². The molecule has 1 aliphatic heterocycles. The highest BCUT2D eigenvalue weighted by Gasteiger charge is 2.33. The number of hydrogen-bond acceptors (Lipinski definition) is 5. The summed E-state index contributed by atoms with van der Waals surface area (Å²) in [4.78, 5) is 1.57. The minimum absolute atomic E-state index is 0.119. The molecule has 17 heavy (non-hydrogen) atoms. The maximum Gasteiger partial charge on any atom is 0.365 e. The van der Waals surface area contributed by atoms with Crippen LogP contribution in [0.15, 0.2) is 12.4 Å². The van der Waals surface area contributed by atoms with Gasteiger partial charge >= 0.3 is 10.3 Å². The Morgan fingerprint density at radius 2 is 2.00 bits per heavy atom. The van der Waals surface area contributed by atoms with Crippen molar-refractivity contribution in [2.75, 3.05) is 13.2 Å². The molecule has 0 spiro atoms. The summed E-state index contributed by atoms with van der Waals surface area (Å²) < 4.78 is 29.0. The minimum atomic E-state index is -3.87. The van der Waals surface area contributed by atoms with Crippen LogP contribution < -0.4 is 0 Å². The van der Waals surface area contributed by atoms with E-state index in [4.69, 9.17) is 4.18 Å². The van der Waals surface area contributed by atoms with E-state index in [1.807, 2.05) is 13.8 Å². The van der Waals surface area contributed by atoms with Crippen molar-refractivity contribution in [1.29, 1.82) is 0 Å². The zero-order valence-electron chi connectivity index (χ0n) is 10.2. The van der Waals surface area contributed by atoms with Crippen LogP contribution in [0.1, 0.15) is 33.1 Å². The monoisotopic (exact) mass is 264 g/mol. The summed E-state index contributed by atoms with van der Waals surface area (Å²) in [5.41, 5.74) is 0. The third-order valence-corrected chi connectivity index (χ3v) is 3.68. The Labute approximate surface area is 103 Å². The van der Waals surface area contributed by atoms with Gasteiger partial charge in [-0.1, -0.05) is 20.3 Å². The molecular weight excluding hydrogens is 244 g/mol. The van der Waals surface area contributed by atoms with Crippen molar-refractivity contribution in [2.24, 2.45) is 0 Å². The third-order valence-electron chi connectivity index (χ3n) is 2.39. The lowest BCUT2D eigenvalue weighted by Crippen LogP contribution is -2.42. The number of nitrogens with zero attached hydrogens (tertiary/aromatic N) is 2. The molecule has 1 rings (SSSR count). The molecule has 0 aromatic rings. The molecule has 0 amide bonds. The first-order chi connectivity index (χ1) is 8.03. The lowest BCUT2D eigenvalue weighted by atomic mass is 10.3. The smallest absolute Gasteiger partial charge is 0.355 e. The van der Waals surface area contributed by atoms with E-state index in [2.05, 4.69) is 0 Å². The van der Waals surface area contributed by atoms with Gasteiger partial charge in [-0.25, -0.2) is 4.31 Å². The lowest BCUT2D eigenvalue weighted by molar-refractivity contribution is -0.0160. The number of rotatable bonds is 7. The van der Waals surface area contributed by atoms with Gasteiger partial charge in [0.15, 0.2) is 0 Å². The van der Waals surface area contributed by atoms with Crippen molar-refractivity contribution >= 4 is 10.3 Å². The topological polar surface area (TPSA) is 70.1 Å². The molecule has 1 atom stereocenters. The van der Waals surface area contributed by atoms with Gasteiger partial charge < -0.3 is 10.0 Å². The molecule has 1 heterocycles. The molecule has 1 aliphatic rings. The van der Waals surface area contributed by atoms with E-state index in [-0.39, 0.29) is 6.61 Å². The van der Waals surface area contributed by atoms with Gasteiger partial charge in [-0.15, -0.1) is 0 Å². The van der Waals surface area contributed by atoms with E-state index in [1.165, 1.54) is 6.20 Å². The van der Waals surface area contributed by atoms with Crippen molar-refractivity contribution in [1.82, 2.24) is 9.21 Å². The third kappa shape index (κ3) is 3.58. The van der Waals surface area contributed by atoms with Crippen LogP contribution in [0.4, 0.5) is 0 Å². The largest absolute Gasteiger partial charge is 0.365 e. The second-order valence-corrected chi connectivity index (χ2v) is 5.36. The van der Waals surface area contributed by atoms with E-state index in [0.29, 0.717) is 13.0 Å². The molecule has 0 aromatic heterocycles. The molecule has 0 fully saturated rings. The van der Waals surface area contributed by atoms with Gasteiger partial charge in [0.05, 0.1) is 6.61 Å². The highest BCUT2D eigenvalue weighted by molar-refractivity contribution is 7.84. The Morgan fingerprint density at radius 1 is 1.29 bits per heavy atom. The minimum Gasteiger partial charge on any atom is -0.355 e.